The smallest absolute Gasteiger partial charge is 0.413 e. The molecule has 2 aromatic heterocycles. The first-order valence-electron chi connectivity index (χ1n) is 18.4. The molecule has 1 aliphatic rings. The molecule has 14 nitrogen and oxygen atoms in total. The molecule has 0 spiro atoms. The van der Waals surface area contributed by atoms with Crippen molar-refractivity contribution in [2.75, 3.05) is 20.8 Å². The topological polar surface area (TPSA) is 183 Å². The SMILES string of the molecule is COC(=O)NC(=O)[C@@H](N[C@H](c1ncc(-c2ccc(-c3ccc(-c4cnc([C@@H]5CCCN5C(=O)[C@@H](NC(=O)OC)C(C)C)[nH]4)cc3)cc2)[nH]1)C(C)C)C(C)C. The molecule has 0 radical (unpaired) electrons. The van der Waals surface area contributed by atoms with E-state index >= 15 is 0 Å². The zero-order valence-corrected chi connectivity index (χ0v) is 32.2. The van der Waals surface area contributed by atoms with Crippen LogP contribution in [0, 0.1) is 17.8 Å². The summed E-state index contributed by atoms with van der Waals surface area (Å²) in [6.07, 6.45) is 3.79. The van der Waals surface area contributed by atoms with Gasteiger partial charge >= 0.3 is 12.2 Å². The van der Waals surface area contributed by atoms with Gasteiger partial charge in [-0.15, -0.1) is 0 Å². The Labute approximate surface area is 316 Å². The molecule has 0 unspecified atom stereocenters. The van der Waals surface area contributed by atoms with Gasteiger partial charge in [-0.25, -0.2) is 19.6 Å². The Morgan fingerprint density at radius 1 is 0.722 bits per heavy atom. The lowest BCUT2D eigenvalue weighted by molar-refractivity contribution is -0.135. The van der Waals surface area contributed by atoms with Crippen molar-refractivity contribution in [1.29, 1.82) is 0 Å². The maximum atomic E-state index is 13.5. The van der Waals surface area contributed by atoms with Crippen LogP contribution >= 0.6 is 0 Å². The highest BCUT2D eigenvalue weighted by Crippen LogP contribution is 2.34. The Balaban J connectivity index is 1.25. The van der Waals surface area contributed by atoms with Crippen molar-refractivity contribution >= 4 is 24.0 Å². The van der Waals surface area contributed by atoms with Crippen molar-refractivity contribution in [3.63, 3.8) is 0 Å². The predicted octanol–water partition coefficient (Wildman–Crippen LogP) is 6.37. The van der Waals surface area contributed by atoms with E-state index in [9.17, 15) is 19.2 Å². The number of imide groups is 1. The second-order valence-electron chi connectivity index (χ2n) is 14.7. The number of rotatable bonds is 13. The number of H-pyrrole nitrogens is 2. The summed E-state index contributed by atoms with van der Waals surface area (Å²) in [5.74, 6) is 0.712. The monoisotopic (exact) mass is 740 g/mol. The second kappa shape index (κ2) is 17.5. The quantitative estimate of drug-likeness (QED) is 0.104. The Hall–Kier alpha value is -5.50. The molecule has 1 fully saturated rings. The van der Waals surface area contributed by atoms with Gasteiger partial charge in [0.1, 0.15) is 17.7 Å². The minimum absolute atomic E-state index is 0.0917. The maximum Gasteiger partial charge on any atom is 0.413 e. The number of imidazole rings is 2. The summed E-state index contributed by atoms with van der Waals surface area (Å²) < 4.78 is 9.35. The molecule has 4 atom stereocenters. The molecule has 4 amide bonds. The average Bonchev–Trinajstić information content (AvgIpc) is 3.95. The van der Waals surface area contributed by atoms with Crippen LogP contribution in [0.2, 0.25) is 0 Å². The molecule has 1 saturated heterocycles. The standard InChI is InChI=1S/C40H52N8O6/c1-22(2)32(45-33(23(3)4)37(49)47-40(52)54-8)36-42-21-30(44-36)28-17-13-26(14-18-28)25-11-15-27(16-12-25)29-20-41-35(43-29)31-10-9-19-48(31)38(50)34(24(5)6)46-39(51)53-7/h11-18,20-24,31-34,45H,9-10,19H2,1-8H3,(H,41,43)(H,42,44)(H,46,51)(H,47,49,52)/t31-,32-,33-,34-/m0/s1. The summed E-state index contributed by atoms with van der Waals surface area (Å²) in [6, 6.07) is 14.6. The van der Waals surface area contributed by atoms with E-state index in [0.717, 1.165) is 52.3 Å². The third-order valence-corrected chi connectivity index (χ3v) is 9.84. The van der Waals surface area contributed by atoms with Gasteiger partial charge < -0.3 is 29.7 Å². The van der Waals surface area contributed by atoms with Crippen LogP contribution in [0.4, 0.5) is 9.59 Å². The molecular weight excluding hydrogens is 688 g/mol. The molecule has 1 aliphatic heterocycles. The Kier molecular flexibility index (Phi) is 12.9. The minimum atomic E-state index is -0.796. The number of methoxy groups -OCH3 is 2. The molecular formula is C40H52N8O6. The molecule has 5 rings (SSSR count). The fraction of sp³-hybridized carbons (Fsp3) is 0.450. The fourth-order valence-electron chi connectivity index (χ4n) is 6.75. The van der Waals surface area contributed by atoms with Crippen molar-refractivity contribution < 1.29 is 28.7 Å². The minimum Gasteiger partial charge on any atom is -0.453 e. The maximum absolute atomic E-state index is 13.5. The van der Waals surface area contributed by atoms with Crippen LogP contribution in [0.5, 0.6) is 0 Å². The number of alkyl carbamates (subject to hydrolysis) is 2. The normalized spacial score (nSPS) is 16.0. The third-order valence-electron chi connectivity index (χ3n) is 9.84. The van der Waals surface area contributed by atoms with Crippen molar-refractivity contribution in [3.05, 3.63) is 72.6 Å². The van der Waals surface area contributed by atoms with E-state index < -0.39 is 30.2 Å². The van der Waals surface area contributed by atoms with E-state index in [4.69, 9.17) is 4.74 Å². The van der Waals surface area contributed by atoms with Gasteiger partial charge in [-0.3, -0.25) is 20.2 Å². The van der Waals surface area contributed by atoms with E-state index in [1.54, 1.807) is 17.3 Å². The number of aromatic amines is 2. The van der Waals surface area contributed by atoms with Gasteiger partial charge in [-0.05, 0) is 52.8 Å². The number of likely N-dealkylation sites (tertiary alicyclic amines) is 1. The van der Waals surface area contributed by atoms with Gasteiger partial charge in [-0.2, -0.15) is 0 Å². The lowest BCUT2D eigenvalue weighted by Gasteiger charge is -2.30. The highest BCUT2D eigenvalue weighted by Gasteiger charge is 2.37. The summed E-state index contributed by atoms with van der Waals surface area (Å²) >= 11 is 0. The van der Waals surface area contributed by atoms with Gasteiger partial charge in [0.15, 0.2) is 0 Å². The van der Waals surface area contributed by atoms with E-state index in [1.165, 1.54) is 14.2 Å². The van der Waals surface area contributed by atoms with Crippen molar-refractivity contribution in [2.45, 2.75) is 78.6 Å². The van der Waals surface area contributed by atoms with Crippen LogP contribution < -0.4 is 16.0 Å². The summed E-state index contributed by atoms with van der Waals surface area (Å²) in [6.45, 7) is 12.3. The van der Waals surface area contributed by atoms with E-state index in [-0.39, 0.29) is 35.7 Å². The third kappa shape index (κ3) is 9.16. The van der Waals surface area contributed by atoms with Crippen molar-refractivity contribution in [1.82, 2.24) is 40.8 Å². The highest BCUT2D eigenvalue weighted by molar-refractivity contribution is 5.95. The Morgan fingerprint density at radius 3 is 1.80 bits per heavy atom. The summed E-state index contributed by atoms with van der Waals surface area (Å²) in [5, 5.41) is 8.36. The van der Waals surface area contributed by atoms with Gasteiger partial charge in [0.2, 0.25) is 11.8 Å². The van der Waals surface area contributed by atoms with Crippen molar-refractivity contribution in [2.24, 2.45) is 17.8 Å². The molecule has 4 aromatic rings. The van der Waals surface area contributed by atoms with Crippen LogP contribution in [0.25, 0.3) is 33.6 Å². The molecule has 54 heavy (non-hydrogen) atoms. The van der Waals surface area contributed by atoms with E-state index in [1.807, 2.05) is 65.8 Å². The first-order chi connectivity index (χ1) is 25.8. The number of ether oxygens (including phenoxy) is 2. The number of amides is 4. The number of aromatic nitrogens is 4. The largest absolute Gasteiger partial charge is 0.453 e. The Bertz CT molecular complexity index is 1900. The fourth-order valence-corrected chi connectivity index (χ4v) is 6.75. The van der Waals surface area contributed by atoms with Crippen LogP contribution in [0.3, 0.4) is 0 Å². The van der Waals surface area contributed by atoms with Crippen LogP contribution in [0.15, 0.2) is 60.9 Å². The van der Waals surface area contributed by atoms with Crippen LogP contribution in [-0.2, 0) is 19.1 Å². The summed E-state index contributed by atoms with van der Waals surface area (Å²) in [4.78, 5) is 68.0. The molecule has 0 saturated carbocycles. The van der Waals surface area contributed by atoms with Gasteiger partial charge in [0.25, 0.3) is 0 Å². The zero-order valence-electron chi connectivity index (χ0n) is 32.2. The molecule has 288 valence electrons. The van der Waals surface area contributed by atoms with Crippen molar-refractivity contribution in [3.8, 4) is 33.6 Å². The number of hydrogen-bond donors (Lipinski definition) is 5. The molecule has 0 aliphatic carbocycles. The zero-order chi connectivity index (χ0) is 39.1. The first-order valence-corrected chi connectivity index (χ1v) is 18.4. The molecule has 0 bridgehead atoms. The summed E-state index contributed by atoms with van der Waals surface area (Å²) in [7, 11) is 2.51. The first kappa shape index (κ1) is 39.7. The van der Waals surface area contributed by atoms with Crippen LogP contribution in [-0.4, -0.2) is 81.7 Å². The molecule has 5 N–H and O–H groups in total. The highest BCUT2D eigenvalue weighted by atomic mass is 16.5. The predicted molar refractivity (Wildman–Crippen MR) is 205 cm³/mol. The summed E-state index contributed by atoms with van der Waals surface area (Å²) in [5.41, 5.74) is 5.73. The van der Waals surface area contributed by atoms with Gasteiger partial charge in [0, 0.05) is 6.54 Å². The number of hydrogen-bond acceptors (Lipinski definition) is 9. The number of carbonyl (C=O) groups is 4. The van der Waals surface area contributed by atoms with Crippen LogP contribution in [0.1, 0.15) is 78.1 Å². The molecule has 14 heteroatoms. The lowest BCUT2D eigenvalue weighted by atomic mass is 9.97. The average molecular weight is 741 g/mol. The number of carbonyl (C=O) groups excluding carboxylic acids is 4. The Morgan fingerprint density at radius 2 is 1.26 bits per heavy atom. The number of nitrogens with zero attached hydrogens (tertiary/aromatic N) is 3. The molecule has 2 aromatic carbocycles. The number of benzene rings is 2. The van der Waals surface area contributed by atoms with Gasteiger partial charge in [-0.1, -0.05) is 90.1 Å². The van der Waals surface area contributed by atoms with Gasteiger partial charge in [0.05, 0.1) is 56.1 Å². The van der Waals surface area contributed by atoms with E-state index in [2.05, 4.69) is 64.9 Å². The molecule has 3 heterocycles. The number of nitrogens with one attached hydrogen (secondary N) is 5. The second-order valence-corrected chi connectivity index (χ2v) is 14.7. The van der Waals surface area contributed by atoms with E-state index in [0.29, 0.717) is 12.4 Å². The lowest BCUT2D eigenvalue weighted by Crippen LogP contribution is -2.51.